The van der Waals surface area contributed by atoms with Crippen LogP contribution >= 0.6 is 0 Å². The zero-order valence-electron chi connectivity index (χ0n) is 15.9. The lowest BCUT2D eigenvalue weighted by Crippen LogP contribution is -2.53. The van der Waals surface area contributed by atoms with E-state index in [2.05, 4.69) is 10.3 Å². The van der Waals surface area contributed by atoms with Crippen molar-refractivity contribution in [2.75, 3.05) is 6.54 Å². The fraction of sp³-hybridized carbons (Fsp3) is 0.400. The largest absolute Gasteiger partial charge is 0.480 e. The number of aromatic nitrogens is 1. The molecule has 2 aromatic rings. The molecule has 1 saturated heterocycles. The van der Waals surface area contributed by atoms with Crippen LogP contribution in [-0.4, -0.2) is 68.4 Å². The number of amides is 1. The van der Waals surface area contributed by atoms with Crippen LogP contribution in [0.4, 0.5) is 0 Å². The first-order valence-corrected chi connectivity index (χ1v) is 9.41. The van der Waals surface area contributed by atoms with Crippen molar-refractivity contribution >= 4 is 34.5 Å². The number of benzene rings is 1. The van der Waals surface area contributed by atoms with Gasteiger partial charge in [-0.05, 0) is 25.8 Å². The average Bonchev–Trinajstić information content (AvgIpc) is 3.33. The Kier molecular flexibility index (Phi) is 5.97. The summed E-state index contributed by atoms with van der Waals surface area (Å²) in [7, 11) is 0. The molecule has 1 aromatic heterocycles. The summed E-state index contributed by atoms with van der Waals surface area (Å²) in [4.78, 5) is 52.5. The standard InChI is InChI=1S/C20H23N3O6/c1-11(18(25)23-8-4-7-16(23)20(28)29)22-15(19(26)27)9-17(24)13-10-21-14-6-3-2-5-12(13)14/h2-3,5-6,10-11,15-16,21-22H,4,7-9H2,1H3,(H,26,27)(H,28,29)/t11-,15?,16-/m0/s1. The third kappa shape index (κ3) is 4.29. The SMILES string of the molecule is C[C@H](NC(CC(=O)c1c[nH]c2ccccc12)C(=O)O)C(=O)N1CCC[C@H]1C(=O)O. The van der Waals surface area contributed by atoms with Crippen molar-refractivity contribution in [1.82, 2.24) is 15.2 Å². The zero-order valence-corrected chi connectivity index (χ0v) is 15.9. The molecule has 4 N–H and O–H groups in total. The van der Waals surface area contributed by atoms with Crippen molar-refractivity contribution < 1.29 is 29.4 Å². The second-order valence-electron chi connectivity index (χ2n) is 7.18. The molecule has 0 aliphatic carbocycles. The first-order valence-electron chi connectivity index (χ1n) is 9.41. The minimum Gasteiger partial charge on any atom is -0.480 e. The number of carbonyl (C=O) groups is 4. The van der Waals surface area contributed by atoms with E-state index in [1.807, 2.05) is 12.1 Å². The number of carbonyl (C=O) groups excluding carboxylic acids is 2. The minimum atomic E-state index is -1.28. The summed E-state index contributed by atoms with van der Waals surface area (Å²) in [5.41, 5.74) is 1.16. The molecule has 1 amide bonds. The Balaban J connectivity index is 1.70. The third-order valence-corrected chi connectivity index (χ3v) is 5.22. The number of Topliss-reactive ketones (excluding diaryl/α,β-unsaturated/α-hetero) is 1. The molecule has 29 heavy (non-hydrogen) atoms. The summed E-state index contributed by atoms with van der Waals surface area (Å²) in [5.74, 6) is -3.19. The Labute approximate surface area is 166 Å². The third-order valence-electron chi connectivity index (χ3n) is 5.22. The van der Waals surface area contributed by atoms with Gasteiger partial charge in [-0.2, -0.15) is 0 Å². The van der Waals surface area contributed by atoms with Crippen molar-refractivity contribution in [3.05, 3.63) is 36.0 Å². The molecule has 154 valence electrons. The first kappa shape index (κ1) is 20.5. The molecular weight excluding hydrogens is 378 g/mol. The molecule has 0 spiro atoms. The number of likely N-dealkylation sites (tertiary alicyclic amines) is 1. The summed E-state index contributed by atoms with van der Waals surface area (Å²) in [6, 6.07) is 4.08. The topological polar surface area (TPSA) is 140 Å². The number of nitrogens with one attached hydrogen (secondary N) is 2. The van der Waals surface area contributed by atoms with Crippen molar-refractivity contribution in [3.63, 3.8) is 0 Å². The van der Waals surface area contributed by atoms with Gasteiger partial charge in [-0.15, -0.1) is 0 Å². The van der Waals surface area contributed by atoms with E-state index in [0.29, 0.717) is 30.3 Å². The summed E-state index contributed by atoms with van der Waals surface area (Å²) in [6.07, 6.45) is 2.16. The van der Waals surface area contributed by atoms with Crippen LogP contribution in [0.1, 0.15) is 36.5 Å². The van der Waals surface area contributed by atoms with Crippen LogP contribution in [0.15, 0.2) is 30.5 Å². The summed E-state index contributed by atoms with van der Waals surface area (Å²) in [5, 5.41) is 22.1. The molecule has 1 aliphatic rings. The van der Waals surface area contributed by atoms with E-state index < -0.39 is 36.0 Å². The number of fused-ring (bicyclic) bond motifs is 1. The van der Waals surface area contributed by atoms with Gasteiger partial charge < -0.3 is 20.1 Å². The molecule has 3 rings (SSSR count). The lowest BCUT2D eigenvalue weighted by molar-refractivity contribution is -0.149. The summed E-state index contributed by atoms with van der Waals surface area (Å²) >= 11 is 0. The highest BCUT2D eigenvalue weighted by Gasteiger charge is 2.37. The second kappa shape index (κ2) is 8.44. The van der Waals surface area contributed by atoms with Gasteiger partial charge in [0.25, 0.3) is 0 Å². The fourth-order valence-electron chi connectivity index (χ4n) is 3.72. The number of ketones is 1. The number of hydrogen-bond acceptors (Lipinski definition) is 5. The molecule has 3 atom stereocenters. The summed E-state index contributed by atoms with van der Waals surface area (Å²) < 4.78 is 0. The van der Waals surface area contributed by atoms with E-state index in [1.165, 1.54) is 11.8 Å². The maximum absolute atomic E-state index is 12.7. The molecule has 0 saturated carbocycles. The predicted molar refractivity (Wildman–Crippen MR) is 104 cm³/mol. The Morgan fingerprint density at radius 1 is 1.24 bits per heavy atom. The average molecular weight is 401 g/mol. The fourth-order valence-corrected chi connectivity index (χ4v) is 3.72. The molecule has 2 heterocycles. The maximum Gasteiger partial charge on any atom is 0.326 e. The van der Waals surface area contributed by atoms with Gasteiger partial charge in [0.15, 0.2) is 5.78 Å². The van der Waals surface area contributed by atoms with Gasteiger partial charge in [-0.3, -0.25) is 19.7 Å². The van der Waals surface area contributed by atoms with Gasteiger partial charge in [0.05, 0.1) is 6.04 Å². The zero-order chi connectivity index (χ0) is 21.1. The Hall–Kier alpha value is -3.20. The normalized spacial score (nSPS) is 18.5. The van der Waals surface area contributed by atoms with Crippen molar-refractivity contribution in [2.24, 2.45) is 0 Å². The number of para-hydroxylation sites is 1. The van der Waals surface area contributed by atoms with Crippen molar-refractivity contribution in [2.45, 2.75) is 44.3 Å². The quantitative estimate of drug-likeness (QED) is 0.488. The van der Waals surface area contributed by atoms with Gasteiger partial charge in [-0.1, -0.05) is 18.2 Å². The van der Waals surface area contributed by atoms with Gasteiger partial charge in [0.2, 0.25) is 5.91 Å². The van der Waals surface area contributed by atoms with E-state index >= 15 is 0 Å². The number of carboxylic acid groups (broad SMARTS) is 2. The second-order valence-corrected chi connectivity index (χ2v) is 7.18. The molecule has 1 unspecified atom stereocenters. The summed E-state index contributed by atoms with van der Waals surface area (Å²) in [6.45, 7) is 1.79. The van der Waals surface area contributed by atoms with Crippen LogP contribution in [0, 0.1) is 0 Å². The van der Waals surface area contributed by atoms with Gasteiger partial charge in [-0.25, -0.2) is 4.79 Å². The number of carboxylic acids is 2. The van der Waals surface area contributed by atoms with Crippen LogP contribution in [0.5, 0.6) is 0 Å². The molecule has 1 aliphatic heterocycles. The first-order chi connectivity index (χ1) is 13.8. The van der Waals surface area contributed by atoms with E-state index in [4.69, 9.17) is 0 Å². The number of H-pyrrole nitrogens is 1. The van der Waals surface area contributed by atoms with E-state index in [-0.39, 0.29) is 12.2 Å². The monoisotopic (exact) mass is 401 g/mol. The molecule has 9 nitrogen and oxygen atoms in total. The number of nitrogens with zero attached hydrogens (tertiary/aromatic N) is 1. The predicted octanol–water partition coefficient (Wildman–Crippen LogP) is 1.25. The Morgan fingerprint density at radius 3 is 2.66 bits per heavy atom. The van der Waals surface area contributed by atoms with E-state index in [0.717, 1.165) is 5.52 Å². The smallest absolute Gasteiger partial charge is 0.326 e. The van der Waals surface area contributed by atoms with Gasteiger partial charge in [0.1, 0.15) is 12.1 Å². The molecule has 0 radical (unpaired) electrons. The molecule has 0 bridgehead atoms. The van der Waals surface area contributed by atoms with E-state index in [1.54, 1.807) is 18.3 Å². The van der Waals surface area contributed by atoms with Crippen LogP contribution < -0.4 is 5.32 Å². The molecular formula is C20H23N3O6. The molecule has 1 fully saturated rings. The highest BCUT2D eigenvalue weighted by molar-refractivity contribution is 6.09. The highest BCUT2D eigenvalue weighted by atomic mass is 16.4. The molecule has 1 aromatic carbocycles. The van der Waals surface area contributed by atoms with Crippen molar-refractivity contribution in [1.29, 1.82) is 0 Å². The number of aromatic amines is 1. The number of hydrogen-bond donors (Lipinski definition) is 4. The van der Waals surface area contributed by atoms with E-state index in [9.17, 15) is 29.4 Å². The Bertz CT molecular complexity index is 953. The lowest BCUT2D eigenvalue weighted by Gasteiger charge is -2.27. The van der Waals surface area contributed by atoms with Crippen LogP contribution in [0.25, 0.3) is 10.9 Å². The molecule has 9 heteroatoms. The minimum absolute atomic E-state index is 0.313. The van der Waals surface area contributed by atoms with Gasteiger partial charge >= 0.3 is 11.9 Å². The van der Waals surface area contributed by atoms with Crippen LogP contribution in [-0.2, 0) is 14.4 Å². The number of aliphatic carboxylic acids is 2. The van der Waals surface area contributed by atoms with Crippen LogP contribution in [0.3, 0.4) is 0 Å². The Morgan fingerprint density at radius 2 is 1.97 bits per heavy atom. The maximum atomic E-state index is 12.7. The van der Waals surface area contributed by atoms with Gasteiger partial charge in [0, 0.05) is 35.6 Å². The van der Waals surface area contributed by atoms with Crippen molar-refractivity contribution in [3.8, 4) is 0 Å². The highest BCUT2D eigenvalue weighted by Crippen LogP contribution is 2.21. The lowest BCUT2D eigenvalue weighted by atomic mass is 10.0. The van der Waals surface area contributed by atoms with Crippen LogP contribution in [0.2, 0.25) is 0 Å². The number of rotatable bonds is 8.